The van der Waals surface area contributed by atoms with E-state index in [9.17, 15) is 65.4 Å². The number of esters is 1. The highest BCUT2D eigenvalue weighted by Gasteiger charge is 2.68. The van der Waals surface area contributed by atoms with E-state index in [0.29, 0.717) is 44.9 Å². The van der Waals surface area contributed by atoms with Gasteiger partial charge in [-0.15, -0.1) is 0 Å². The maximum Gasteiger partial charge on any atom is 0.335 e. The summed E-state index contributed by atoms with van der Waals surface area (Å²) in [6, 6.07) is 0. The summed E-state index contributed by atoms with van der Waals surface area (Å²) in [5, 5.41) is 108. The first-order chi connectivity index (χ1) is 32.4. The van der Waals surface area contributed by atoms with Crippen molar-refractivity contribution in [1.82, 2.24) is 0 Å². The monoisotopic (exact) mass is 987 g/mol. The maximum atomic E-state index is 13.8. The number of hydrogen-bond acceptors (Lipinski definition) is 19. The molecule has 10 N–H and O–H groups in total. The van der Waals surface area contributed by atoms with E-state index in [-0.39, 0.29) is 35.6 Å². The SMILES string of the molecule is CCC1CC=C2C3CC(C)(C)CC[C@]3(C(=O)OC)C(O)CC2(C)C1(C)CCC1CCC[C@H](O[C@@H]2OC(C(=O)O)[C@@H](O)C(O[C@@H]3OC[C@@H](O)C(O)C3O)C2O[C@@H]2OC(CO)[C@H](O)C(O)C2O)C1(C)C=O. The van der Waals surface area contributed by atoms with Crippen LogP contribution in [0.5, 0.6) is 0 Å². The number of allylic oxidation sites excluding steroid dienone is 2. The Bertz CT molecular complexity index is 1860. The van der Waals surface area contributed by atoms with Gasteiger partial charge in [0.2, 0.25) is 0 Å². The molecule has 0 radical (unpaired) electrons. The molecule has 3 saturated carbocycles. The van der Waals surface area contributed by atoms with Crippen molar-refractivity contribution in [1.29, 1.82) is 0 Å². The first-order valence-corrected chi connectivity index (χ1v) is 24.8. The Kier molecular flexibility index (Phi) is 16.3. The molecule has 0 amide bonds. The van der Waals surface area contributed by atoms with Gasteiger partial charge in [0.1, 0.15) is 72.7 Å². The lowest BCUT2D eigenvalue weighted by molar-refractivity contribution is -0.390. The fraction of sp³-hybridized carbons (Fsp3) is 0.898. The van der Waals surface area contributed by atoms with Crippen LogP contribution >= 0.6 is 0 Å². The number of ether oxygens (including phenoxy) is 7. The second-order valence-corrected chi connectivity index (χ2v) is 22.6. The number of fused-ring (bicyclic) bond motifs is 3. The molecular formula is C49H78O20. The largest absolute Gasteiger partial charge is 0.479 e. The minimum atomic E-state index is -2.13. The first kappa shape index (κ1) is 54.5. The van der Waals surface area contributed by atoms with Gasteiger partial charge in [0.05, 0.1) is 37.9 Å². The van der Waals surface area contributed by atoms with Crippen LogP contribution in [-0.2, 0) is 47.5 Å². The van der Waals surface area contributed by atoms with E-state index in [2.05, 4.69) is 40.7 Å². The number of aldehydes is 1. The molecule has 7 aliphatic rings. The third-order valence-corrected chi connectivity index (χ3v) is 18.4. The number of carboxylic acids is 1. The smallest absolute Gasteiger partial charge is 0.335 e. The van der Waals surface area contributed by atoms with E-state index in [1.54, 1.807) is 6.92 Å². The summed E-state index contributed by atoms with van der Waals surface area (Å²) in [5.74, 6) is -2.39. The van der Waals surface area contributed by atoms with Gasteiger partial charge in [-0.2, -0.15) is 0 Å². The molecule has 394 valence electrons. The van der Waals surface area contributed by atoms with Crippen molar-refractivity contribution in [3.63, 3.8) is 0 Å². The average molecular weight is 987 g/mol. The highest BCUT2D eigenvalue weighted by atomic mass is 16.8. The Hall–Kier alpha value is -2.25. The van der Waals surface area contributed by atoms with E-state index < -0.39 is 139 Å². The Labute approximate surface area is 403 Å². The summed E-state index contributed by atoms with van der Waals surface area (Å²) in [4.78, 5) is 40.2. The summed E-state index contributed by atoms with van der Waals surface area (Å²) in [6.45, 7) is 11.5. The van der Waals surface area contributed by atoms with Gasteiger partial charge in [-0.05, 0) is 91.8 Å². The molecule has 7 rings (SSSR count). The molecule has 15 unspecified atom stereocenters. The molecule has 0 spiro atoms. The van der Waals surface area contributed by atoms with Crippen molar-refractivity contribution >= 4 is 18.2 Å². The highest BCUT2D eigenvalue weighted by Crippen LogP contribution is 2.70. The van der Waals surface area contributed by atoms with Gasteiger partial charge in [0, 0.05) is 0 Å². The topological polar surface area (TPSA) is 318 Å². The van der Waals surface area contributed by atoms with Crippen molar-refractivity contribution < 1.29 is 98.6 Å². The van der Waals surface area contributed by atoms with E-state index in [1.165, 1.54) is 12.7 Å². The van der Waals surface area contributed by atoms with E-state index >= 15 is 0 Å². The standard InChI is InChI=1S/C49H78O20/c1-8-23-12-13-25-26-18-45(2,3)16-17-49(26,44(62)63-7)29(53)19-48(25,6)47(23,5)15-14-24-10-9-11-30(46(24,4)22-51)66-43-39(69-42-35(58)33(56)32(55)28(20-50)65-42)37(36(59)38(68-43)40(60)61)67-41-34(57)31(54)27(52)21-64-41/h13,22-24,26-39,41-43,50,52-59H,8-12,14-21H2,1-7H3,(H,60,61)/t23?,24?,26?,27-,28?,29?,30+,31?,32+,33?,34?,35?,36+,37?,38?,39?,41+,42+,43-,46?,47?,48?,49-/m1/s1. The van der Waals surface area contributed by atoms with E-state index in [4.69, 9.17) is 33.2 Å². The Morgan fingerprint density at radius 2 is 1.48 bits per heavy atom. The quantitative estimate of drug-likeness (QED) is 0.0642. The first-order valence-electron chi connectivity index (χ1n) is 24.8. The van der Waals surface area contributed by atoms with Gasteiger partial charge >= 0.3 is 11.9 Å². The molecule has 3 saturated heterocycles. The number of methoxy groups -OCH3 is 1. The van der Waals surface area contributed by atoms with Crippen molar-refractivity contribution in [2.45, 2.75) is 210 Å². The summed E-state index contributed by atoms with van der Waals surface area (Å²) < 4.78 is 41.3. The highest BCUT2D eigenvalue weighted by molar-refractivity contribution is 5.79. The van der Waals surface area contributed by atoms with Crippen LogP contribution < -0.4 is 0 Å². The van der Waals surface area contributed by atoms with Crippen molar-refractivity contribution in [2.75, 3.05) is 20.3 Å². The third kappa shape index (κ3) is 9.38. The molecule has 3 heterocycles. The normalized spacial score (nSPS) is 50.0. The minimum absolute atomic E-state index is 0.0749. The zero-order chi connectivity index (χ0) is 50.8. The Morgan fingerprint density at radius 3 is 2.12 bits per heavy atom. The molecule has 0 aromatic rings. The number of aliphatic hydroxyl groups excluding tert-OH is 9. The van der Waals surface area contributed by atoms with Gasteiger partial charge in [-0.25, -0.2) is 4.79 Å². The fourth-order valence-corrected chi connectivity index (χ4v) is 13.7. The fourth-order valence-electron chi connectivity index (χ4n) is 13.7. The third-order valence-electron chi connectivity index (χ3n) is 18.4. The lowest BCUT2D eigenvalue weighted by Gasteiger charge is -2.65. The summed E-state index contributed by atoms with van der Waals surface area (Å²) in [6.07, 6.45) is -18.1. The van der Waals surface area contributed by atoms with Crippen LogP contribution in [0.1, 0.15) is 112 Å². The second-order valence-electron chi connectivity index (χ2n) is 22.6. The molecule has 20 heteroatoms. The lowest BCUT2D eigenvalue weighted by atomic mass is 9.39. The molecule has 3 aliphatic heterocycles. The lowest BCUT2D eigenvalue weighted by Crippen LogP contribution is -2.67. The molecule has 4 aliphatic carbocycles. The molecular weight excluding hydrogens is 909 g/mol. The molecule has 23 atom stereocenters. The number of carbonyl (C=O) groups is 3. The Morgan fingerprint density at radius 1 is 0.797 bits per heavy atom. The van der Waals surface area contributed by atoms with Gasteiger partial charge in [0.25, 0.3) is 0 Å². The predicted octanol–water partition coefficient (Wildman–Crippen LogP) is 0.456. The Balaban J connectivity index is 1.19. The predicted molar refractivity (Wildman–Crippen MR) is 238 cm³/mol. The number of aliphatic hydroxyl groups is 9. The molecule has 20 nitrogen and oxygen atoms in total. The number of carbonyl (C=O) groups excluding carboxylic acids is 2. The van der Waals surface area contributed by atoms with Crippen LogP contribution in [-0.4, -0.2) is 188 Å². The van der Waals surface area contributed by atoms with Crippen molar-refractivity contribution in [2.24, 2.45) is 44.8 Å². The molecule has 0 aromatic heterocycles. The van der Waals surface area contributed by atoms with Crippen molar-refractivity contribution in [3.05, 3.63) is 11.6 Å². The van der Waals surface area contributed by atoms with Gasteiger partial charge < -0.3 is 89.0 Å². The zero-order valence-corrected chi connectivity index (χ0v) is 40.9. The number of aliphatic carboxylic acids is 1. The summed E-state index contributed by atoms with van der Waals surface area (Å²) >= 11 is 0. The van der Waals surface area contributed by atoms with Crippen LogP contribution in [0.25, 0.3) is 0 Å². The van der Waals surface area contributed by atoms with Crippen LogP contribution in [0.2, 0.25) is 0 Å². The minimum Gasteiger partial charge on any atom is -0.479 e. The van der Waals surface area contributed by atoms with Crippen LogP contribution in [0.4, 0.5) is 0 Å². The van der Waals surface area contributed by atoms with Gasteiger partial charge in [0.15, 0.2) is 25.0 Å². The van der Waals surface area contributed by atoms with Gasteiger partial charge in [-0.3, -0.25) is 4.79 Å². The van der Waals surface area contributed by atoms with Crippen molar-refractivity contribution in [3.8, 4) is 0 Å². The molecule has 0 bridgehead atoms. The average Bonchev–Trinajstić information content (AvgIpc) is 3.31. The van der Waals surface area contributed by atoms with E-state index in [0.717, 1.165) is 25.5 Å². The van der Waals surface area contributed by atoms with Crippen LogP contribution in [0, 0.1) is 44.8 Å². The molecule has 69 heavy (non-hydrogen) atoms. The number of carboxylic acid groups (broad SMARTS) is 1. The van der Waals surface area contributed by atoms with Crippen LogP contribution in [0.15, 0.2) is 11.6 Å². The summed E-state index contributed by atoms with van der Waals surface area (Å²) in [5.41, 5.74) is -2.14. The molecule has 6 fully saturated rings. The maximum absolute atomic E-state index is 13.8. The number of hydrogen-bond donors (Lipinski definition) is 10. The zero-order valence-electron chi connectivity index (χ0n) is 40.9. The second kappa shape index (κ2) is 20.6. The van der Waals surface area contributed by atoms with Gasteiger partial charge in [-0.1, -0.05) is 66.0 Å². The van der Waals surface area contributed by atoms with Crippen LogP contribution in [0.3, 0.4) is 0 Å². The summed E-state index contributed by atoms with van der Waals surface area (Å²) in [7, 11) is 1.39. The molecule has 0 aromatic carbocycles. The number of rotatable bonds is 14. The van der Waals surface area contributed by atoms with E-state index in [1.807, 2.05) is 0 Å².